The van der Waals surface area contributed by atoms with Crippen molar-refractivity contribution < 1.29 is 13.9 Å². The Bertz CT molecular complexity index is 660. The lowest BCUT2D eigenvalue weighted by Gasteiger charge is -2.31. The second kappa shape index (κ2) is 7.04. The number of likely N-dealkylation sites (tertiary alicyclic amines) is 1. The quantitative estimate of drug-likeness (QED) is 0.945. The standard InChI is InChI=1S/C16H17FN4O2/c17-13-3-1-2-4-14(13)20-16(22)21-9-5-12(6-10-21)23-15-11-18-7-8-19-15/h1-4,7-8,11-12H,5-6,9-10H2,(H,20,22). The molecular formula is C16H17FN4O2. The number of carbonyl (C=O) groups excluding carboxylic acids is 1. The summed E-state index contributed by atoms with van der Waals surface area (Å²) in [7, 11) is 0. The second-order valence-corrected chi connectivity index (χ2v) is 5.26. The van der Waals surface area contributed by atoms with Crippen LogP contribution in [0.3, 0.4) is 0 Å². The van der Waals surface area contributed by atoms with Crippen LogP contribution in [0, 0.1) is 5.82 Å². The Kier molecular flexibility index (Phi) is 4.65. The minimum atomic E-state index is -0.443. The van der Waals surface area contributed by atoms with Gasteiger partial charge in [-0.05, 0) is 12.1 Å². The molecule has 0 bridgehead atoms. The van der Waals surface area contributed by atoms with Crippen molar-refractivity contribution in [2.45, 2.75) is 18.9 Å². The summed E-state index contributed by atoms with van der Waals surface area (Å²) in [5, 5.41) is 2.59. The molecule has 1 aromatic heterocycles. The number of nitrogens with one attached hydrogen (secondary N) is 1. The third kappa shape index (κ3) is 3.94. The van der Waals surface area contributed by atoms with Crippen molar-refractivity contribution in [2.24, 2.45) is 0 Å². The molecule has 1 aliphatic heterocycles. The molecule has 0 aliphatic carbocycles. The van der Waals surface area contributed by atoms with E-state index in [1.165, 1.54) is 12.1 Å². The van der Waals surface area contributed by atoms with Gasteiger partial charge in [-0.15, -0.1) is 0 Å². The van der Waals surface area contributed by atoms with Crippen molar-refractivity contribution in [3.63, 3.8) is 0 Å². The Balaban J connectivity index is 1.50. The SMILES string of the molecule is O=C(Nc1ccccc1F)N1CCC(Oc2cnccn2)CC1. The number of carbonyl (C=O) groups is 1. The van der Waals surface area contributed by atoms with Crippen molar-refractivity contribution >= 4 is 11.7 Å². The zero-order valence-electron chi connectivity index (χ0n) is 12.5. The van der Waals surface area contributed by atoms with E-state index in [0.717, 1.165) is 0 Å². The molecule has 3 rings (SSSR count). The van der Waals surface area contributed by atoms with Gasteiger partial charge in [0.05, 0.1) is 11.9 Å². The van der Waals surface area contributed by atoms with E-state index in [2.05, 4.69) is 15.3 Å². The van der Waals surface area contributed by atoms with Crippen LogP contribution in [-0.4, -0.2) is 40.1 Å². The van der Waals surface area contributed by atoms with Gasteiger partial charge in [-0.3, -0.25) is 4.98 Å². The van der Waals surface area contributed by atoms with E-state index in [1.54, 1.807) is 35.6 Å². The monoisotopic (exact) mass is 316 g/mol. The van der Waals surface area contributed by atoms with E-state index < -0.39 is 5.82 Å². The van der Waals surface area contributed by atoms with Gasteiger partial charge < -0.3 is 15.0 Å². The first-order chi connectivity index (χ1) is 11.2. The number of hydrogen-bond donors (Lipinski definition) is 1. The van der Waals surface area contributed by atoms with Gasteiger partial charge in [0.25, 0.3) is 0 Å². The molecule has 1 aromatic carbocycles. The topological polar surface area (TPSA) is 67.4 Å². The number of urea groups is 1. The lowest BCUT2D eigenvalue weighted by molar-refractivity contribution is 0.111. The molecule has 2 amide bonds. The van der Waals surface area contributed by atoms with Crippen molar-refractivity contribution in [1.29, 1.82) is 0 Å². The summed E-state index contributed by atoms with van der Waals surface area (Å²) in [6.45, 7) is 1.09. The molecule has 0 atom stereocenters. The van der Waals surface area contributed by atoms with Gasteiger partial charge in [-0.2, -0.15) is 0 Å². The van der Waals surface area contributed by atoms with E-state index in [9.17, 15) is 9.18 Å². The number of rotatable bonds is 3. The first-order valence-electron chi connectivity index (χ1n) is 7.45. The summed E-state index contributed by atoms with van der Waals surface area (Å²) in [6.07, 6.45) is 6.12. The summed E-state index contributed by atoms with van der Waals surface area (Å²) in [5.41, 5.74) is 0.190. The molecule has 1 saturated heterocycles. The first kappa shape index (κ1) is 15.2. The van der Waals surface area contributed by atoms with Gasteiger partial charge in [0, 0.05) is 38.3 Å². The number of benzene rings is 1. The minimum Gasteiger partial charge on any atom is -0.473 e. The maximum Gasteiger partial charge on any atom is 0.321 e. The molecule has 0 radical (unpaired) electrons. The minimum absolute atomic E-state index is 0.00390. The molecule has 2 aromatic rings. The van der Waals surface area contributed by atoms with Gasteiger partial charge >= 0.3 is 6.03 Å². The van der Waals surface area contributed by atoms with Gasteiger partial charge in [-0.1, -0.05) is 12.1 Å². The molecule has 120 valence electrons. The summed E-state index contributed by atoms with van der Waals surface area (Å²) >= 11 is 0. The average Bonchev–Trinajstić information content (AvgIpc) is 2.58. The van der Waals surface area contributed by atoms with E-state index in [-0.39, 0.29) is 17.8 Å². The Morgan fingerprint density at radius 3 is 2.74 bits per heavy atom. The number of anilines is 1. The Hall–Kier alpha value is -2.70. The maximum absolute atomic E-state index is 13.6. The van der Waals surface area contributed by atoms with Crippen LogP contribution < -0.4 is 10.1 Å². The average molecular weight is 316 g/mol. The summed E-state index contributed by atoms with van der Waals surface area (Å²) < 4.78 is 19.3. The zero-order chi connectivity index (χ0) is 16.1. The predicted octanol–water partition coefficient (Wildman–Crippen LogP) is 2.69. The molecular weight excluding hydrogens is 299 g/mol. The third-order valence-electron chi connectivity index (χ3n) is 3.67. The third-order valence-corrected chi connectivity index (χ3v) is 3.67. The molecule has 2 heterocycles. The lowest BCUT2D eigenvalue weighted by Crippen LogP contribution is -2.43. The smallest absolute Gasteiger partial charge is 0.321 e. The fraction of sp³-hybridized carbons (Fsp3) is 0.312. The second-order valence-electron chi connectivity index (χ2n) is 5.26. The number of para-hydroxylation sites is 1. The van der Waals surface area contributed by atoms with E-state index in [0.29, 0.717) is 31.8 Å². The van der Waals surface area contributed by atoms with Crippen LogP contribution in [0.5, 0.6) is 5.88 Å². The Labute approximate surface area is 133 Å². The van der Waals surface area contributed by atoms with Gasteiger partial charge in [0.15, 0.2) is 0 Å². The molecule has 23 heavy (non-hydrogen) atoms. The number of halogens is 1. The Morgan fingerprint density at radius 1 is 1.26 bits per heavy atom. The molecule has 7 heteroatoms. The fourth-order valence-corrected chi connectivity index (χ4v) is 2.45. The summed E-state index contributed by atoms with van der Waals surface area (Å²) in [6, 6.07) is 5.82. The van der Waals surface area contributed by atoms with Crippen LogP contribution in [-0.2, 0) is 0 Å². The van der Waals surface area contributed by atoms with Crippen molar-refractivity contribution in [2.75, 3.05) is 18.4 Å². The lowest BCUT2D eigenvalue weighted by atomic mass is 10.1. The number of aromatic nitrogens is 2. The van der Waals surface area contributed by atoms with Crippen LogP contribution in [0.25, 0.3) is 0 Å². The normalized spacial score (nSPS) is 15.3. The van der Waals surface area contributed by atoms with E-state index >= 15 is 0 Å². The number of hydrogen-bond acceptors (Lipinski definition) is 4. The maximum atomic E-state index is 13.6. The number of piperidine rings is 1. The first-order valence-corrected chi connectivity index (χ1v) is 7.45. The molecule has 6 nitrogen and oxygen atoms in total. The molecule has 0 spiro atoms. The van der Waals surface area contributed by atoms with Gasteiger partial charge in [0.1, 0.15) is 11.9 Å². The fourth-order valence-electron chi connectivity index (χ4n) is 2.45. The van der Waals surface area contributed by atoms with Crippen LogP contribution in [0.1, 0.15) is 12.8 Å². The van der Waals surface area contributed by atoms with Gasteiger partial charge in [0.2, 0.25) is 5.88 Å². The summed E-state index contributed by atoms with van der Waals surface area (Å²) in [5.74, 6) is 0.0449. The highest BCUT2D eigenvalue weighted by Crippen LogP contribution is 2.18. The number of amides is 2. The highest BCUT2D eigenvalue weighted by atomic mass is 19.1. The largest absolute Gasteiger partial charge is 0.473 e. The summed E-state index contributed by atoms with van der Waals surface area (Å²) in [4.78, 5) is 21.8. The highest BCUT2D eigenvalue weighted by molar-refractivity contribution is 5.89. The molecule has 1 fully saturated rings. The van der Waals surface area contributed by atoms with E-state index in [4.69, 9.17) is 4.74 Å². The number of ether oxygens (including phenoxy) is 1. The predicted molar refractivity (Wildman–Crippen MR) is 82.7 cm³/mol. The molecule has 1 aliphatic rings. The van der Waals surface area contributed by atoms with Crippen molar-refractivity contribution in [3.8, 4) is 5.88 Å². The van der Waals surface area contributed by atoms with Crippen molar-refractivity contribution in [3.05, 3.63) is 48.7 Å². The van der Waals surface area contributed by atoms with Crippen LogP contribution >= 0.6 is 0 Å². The zero-order valence-corrected chi connectivity index (χ0v) is 12.5. The molecule has 0 saturated carbocycles. The Morgan fingerprint density at radius 2 is 2.04 bits per heavy atom. The van der Waals surface area contributed by atoms with Crippen LogP contribution in [0.15, 0.2) is 42.9 Å². The highest BCUT2D eigenvalue weighted by Gasteiger charge is 2.24. The van der Waals surface area contributed by atoms with Crippen molar-refractivity contribution in [1.82, 2.24) is 14.9 Å². The van der Waals surface area contributed by atoms with Crippen LogP contribution in [0.4, 0.5) is 14.9 Å². The number of nitrogens with zero attached hydrogens (tertiary/aromatic N) is 3. The van der Waals surface area contributed by atoms with Crippen LogP contribution in [0.2, 0.25) is 0 Å². The van der Waals surface area contributed by atoms with Gasteiger partial charge in [-0.25, -0.2) is 14.2 Å². The molecule has 0 unspecified atom stereocenters. The van der Waals surface area contributed by atoms with E-state index in [1.807, 2.05) is 0 Å². The molecule has 1 N–H and O–H groups in total.